The Balaban J connectivity index is 1.98. The van der Waals surface area contributed by atoms with E-state index >= 15 is 0 Å². The Morgan fingerprint density at radius 3 is 2.89 bits per heavy atom. The van der Waals surface area contributed by atoms with Crippen LogP contribution in [0.3, 0.4) is 0 Å². The molecule has 0 aliphatic heterocycles. The highest BCUT2D eigenvalue weighted by atomic mass is 16.2. The molecule has 1 aromatic heterocycles. The number of carbonyl (C=O) groups excluding carboxylic acids is 1. The normalized spacial score (nSPS) is 14.4. The summed E-state index contributed by atoms with van der Waals surface area (Å²) in [6.07, 6.45) is 3.98. The van der Waals surface area contributed by atoms with Crippen molar-refractivity contribution in [3.05, 3.63) is 23.4 Å². The number of nitrogens with one attached hydrogen (secondary N) is 1. The lowest BCUT2D eigenvalue weighted by Crippen LogP contribution is -2.36. The van der Waals surface area contributed by atoms with Crippen molar-refractivity contribution in [1.29, 1.82) is 0 Å². The van der Waals surface area contributed by atoms with Crippen LogP contribution in [0.2, 0.25) is 0 Å². The van der Waals surface area contributed by atoms with Crippen LogP contribution in [-0.4, -0.2) is 30.5 Å². The Bertz CT molecular complexity index is 443. The van der Waals surface area contributed by atoms with Crippen molar-refractivity contribution in [2.75, 3.05) is 18.5 Å². The number of amides is 1. The summed E-state index contributed by atoms with van der Waals surface area (Å²) < 4.78 is 0. The van der Waals surface area contributed by atoms with E-state index in [2.05, 4.69) is 10.3 Å². The SMILES string of the molecule is Cc1cc(CN)cnc1N(C)CC(=O)NC1CC1. The van der Waals surface area contributed by atoms with Gasteiger partial charge in [-0.05, 0) is 37.0 Å². The van der Waals surface area contributed by atoms with Crippen molar-refractivity contribution in [2.24, 2.45) is 5.73 Å². The Hall–Kier alpha value is -1.62. The van der Waals surface area contributed by atoms with Crippen molar-refractivity contribution in [3.8, 4) is 0 Å². The highest BCUT2D eigenvalue weighted by Gasteiger charge is 2.23. The number of likely N-dealkylation sites (N-methyl/N-ethyl adjacent to an activating group) is 1. The third-order valence-electron chi connectivity index (χ3n) is 3.03. The summed E-state index contributed by atoms with van der Waals surface area (Å²) in [5.41, 5.74) is 7.62. The highest BCUT2D eigenvalue weighted by molar-refractivity contribution is 5.81. The summed E-state index contributed by atoms with van der Waals surface area (Å²) in [6, 6.07) is 2.41. The molecule has 5 nitrogen and oxygen atoms in total. The zero-order valence-corrected chi connectivity index (χ0v) is 10.9. The van der Waals surface area contributed by atoms with Gasteiger partial charge in [-0.2, -0.15) is 0 Å². The fourth-order valence-corrected chi connectivity index (χ4v) is 1.93. The number of hydrogen-bond donors (Lipinski definition) is 2. The molecule has 1 aliphatic carbocycles. The van der Waals surface area contributed by atoms with E-state index in [0.29, 0.717) is 19.1 Å². The molecule has 0 radical (unpaired) electrons. The molecular weight excluding hydrogens is 228 g/mol. The van der Waals surface area contributed by atoms with Gasteiger partial charge in [0.1, 0.15) is 5.82 Å². The molecule has 2 rings (SSSR count). The second-order valence-corrected chi connectivity index (χ2v) is 4.89. The van der Waals surface area contributed by atoms with Crippen LogP contribution < -0.4 is 16.0 Å². The van der Waals surface area contributed by atoms with Crippen LogP contribution in [0, 0.1) is 6.92 Å². The number of anilines is 1. The fourth-order valence-electron chi connectivity index (χ4n) is 1.93. The lowest BCUT2D eigenvalue weighted by atomic mass is 10.2. The summed E-state index contributed by atoms with van der Waals surface area (Å²) in [5, 5.41) is 2.97. The van der Waals surface area contributed by atoms with E-state index in [1.165, 1.54) is 0 Å². The van der Waals surface area contributed by atoms with Crippen LogP contribution in [0.15, 0.2) is 12.3 Å². The minimum absolute atomic E-state index is 0.0594. The quantitative estimate of drug-likeness (QED) is 0.799. The van der Waals surface area contributed by atoms with Crippen LogP contribution in [0.1, 0.15) is 24.0 Å². The van der Waals surface area contributed by atoms with Gasteiger partial charge in [0.2, 0.25) is 5.91 Å². The molecule has 1 heterocycles. The van der Waals surface area contributed by atoms with Gasteiger partial charge in [-0.3, -0.25) is 4.79 Å². The standard InChI is InChI=1S/C13H20N4O/c1-9-5-10(6-14)7-15-13(9)17(2)8-12(18)16-11-3-4-11/h5,7,11H,3-4,6,8,14H2,1-2H3,(H,16,18). The Kier molecular flexibility index (Phi) is 3.81. The molecule has 0 aromatic carbocycles. The molecule has 0 saturated heterocycles. The first kappa shape index (κ1) is 12.8. The summed E-state index contributed by atoms with van der Waals surface area (Å²) in [4.78, 5) is 17.9. The van der Waals surface area contributed by atoms with E-state index in [1.54, 1.807) is 6.20 Å². The first-order valence-electron chi connectivity index (χ1n) is 6.26. The Labute approximate surface area is 107 Å². The van der Waals surface area contributed by atoms with Crippen molar-refractivity contribution < 1.29 is 4.79 Å². The van der Waals surface area contributed by atoms with Crippen LogP contribution in [0.25, 0.3) is 0 Å². The van der Waals surface area contributed by atoms with E-state index in [1.807, 2.05) is 24.9 Å². The van der Waals surface area contributed by atoms with Gasteiger partial charge in [0.15, 0.2) is 0 Å². The predicted octanol–water partition coefficient (Wildman–Crippen LogP) is 0.564. The van der Waals surface area contributed by atoms with E-state index in [4.69, 9.17) is 5.73 Å². The van der Waals surface area contributed by atoms with E-state index in [-0.39, 0.29) is 5.91 Å². The van der Waals surface area contributed by atoms with Crippen LogP contribution in [-0.2, 0) is 11.3 Å². The van der Waals surface area contributed by atoms with Gasteiger partial charge in [0.05, 0.1) is 6.54 Å². The van der Waals surface area contributed by atoms with Crippen LogP contribution in [0.4, 0.5) is 5.82 Å². The van der Waals surface area contributed by atoms with Gasteiger partial charge in [-0.15, -0.1) is 0 Å². The van der Waals surface area contributed by atoms with Gasteiger partial charge in [0.25, 0.3) is 0 Å². The van der Waals surface area contributed by atoms with E-state index < -0.39 is 0 Å². The molecular formula is C13H20N4O. The predicted molar refractivity (Wildman–Crippen MR) is 71.3 cm³/mol. The number of nitrogens with zero attached hydrogens (tertiary/aromatic N) is 2. The Morgan fingerprint density at radius 1 is 1.61 bits per heavy atom. The lowest BCUT2D eigenvalue weighted by Gasteiger charge is -2.20. The Morgan fingerprint density at radius 2 is 2.33 bits per heavy atom. The number of pyridine rings is 1. The minimum atomic E-state index is 0.0594. The molecule has 0 spiro atoms. The second-order valence-electron chi connectivity index (χ2n) is 4.89. The number of aryl methyl sites for hydroxylation is 1. The molecule has 0 atom stereocenters. The average Bonchev–Trinajstić information content (AvgIpc) is 3.12. The van der Waals surface area contributed by atoms with Gasteiger partial charge in [0, 0.05) is 25.8 Å². The number of rotatable bonds is 5. The van der Waals surface area contributed by atoms with Crippen molar-refractivity contribution in [2.45, 2.75) is 32.4 Å². The lowest BCUT2D eigenvalue weighted by molar-refractivity contribution is -0.119. The highest BCUT2D eigenvalue weighted by Crippen LogP contribution is 2.19. The van der Waals surface area contributed by atoms with Gasteiger partial charge < -0.3 is 16.0 Å². The third kappa shape index (κ3) is 3.20. The number of nitrogens with two attached hydrogens (primary N) is 1. The van der Waals surface area contributed by atoms with Gasteiger partial charge in [-0.25, -0.2) is 4.98 Å². The van der Waals surface area contributed by atoms with Crippen molar-refractivity contribution in [3.63, 3.8) is 0 Å². The monoisotopic (exact) mass is 248 g/mol. The zero-order valence-electron chi connectivity index (χ0n) is 10.9. The van der Waals surface area contributed by atoms with Crippen molar-refractivity contribution in [1.82, 2.24) is 10.3 Å². The molecule has 0 unspecified atom stereocenters. The average molecular weight is 248 g/mol. The molecule has 0 bridgehead atoms. The molecule has 1 aliphatic rings. The maximum absolute atomic E-state index is 11.7. The first-order chi connectivity index (χ1) is 8.60. The number of aromatic nitrogens is 1. The summed E-state index contributed by atoms with van der Waals surface area (Å²) >= 11 is 0. The third-order valence-corrected chi connectivity index (χ3v) is 3.03. The van der Waals surface area contributed by atoms with E-state index in [9.17, 15) is 4.79 Å². The zero-order chi connectivity index (χ0) is 13.1. The topological polar surface area (TPSA) is 71.2 Å². The smallest absolute Gasteiger partial charge is 0.239 e. The minimum Gasteiger partial charge on any atom is -0.352 e. The van der Waals surface area contributed by atoms with Gasteiger partial charge >= 0.3 is 0 Å². The molecule has 98 valence electrons. The number of carbonyl (C=O) groups is 1. The fraction of sp³-hybridized carbons (Fsp3) is 0.538. The molecule has 1 saturated carbocycles. The van der Waals surface area contributed by atoms with Crippen molar-refractivity contribution >= 4 is 11.7 Å². The molecule has 3 N–H and O–H groups in total. The number of hydrogen-bond acceptors (Lipinski definition) is 4. The second kappa shape index (κ2) is 5.35. The first-order valence-corrected chi connectivity index (χ1v) is 6.26. The van der Waals surface area contributed by atoms with Crippen LogP contribution in [0.5, 0.6) is 0 Å². The summed E-state index contributed by atoms with van der Waals surface area (Å²) in [5.74, 6) is 0.891. The summed E-state index contributed by atoms with van der Waals surface area (Å²) in [6.45, 7) is 2.81. The maximum atomic E-state index is 11.7. The maximum Gasteiger partial charge on any atom is 0.239 e. The molecule has 1 aromatic rings. The molecule has 5 heteroatoms. The summed E-state index contributed by atoms with van der Waals surface area (Å²) in [7, 11) is 1.88. The molecule has 18 heavy (non-hydrogen) atoms. The largest absolute Gasteiger partial charge is 0.352 e. The molecule has 1 fully saturated rings. The van der Waals surface area contributed by atoms with Crippen LogP contribution >= 0.6 is 0 Å². The molecule has 1 amide bonds. The van der Waals surface area contributed by atoms with E-state index in [0.717, 1.165) is 29.8 Å². The van der Waals surface area contributed by atoms with Gasteiger partial charge in [-0.1, -0.05) is 0 Å².